The van der Waals surface area contributed by atoms with Crippen LogP contribution in [0.25, 0.3) is 61.4 Å². The molecule has 0 aliphatic heterocycles. The topological polar surface area (TPSA) is 43.6 Å². The molecule has 15 aromatic rings. The molecule has 0 fully saturated rings. The Morgan fingerprint density at radius 1 is 0.270 bits per heavy atom. The molecule has 0 spiro atoms. The monoisotopic (exact) mass is 1170 g/mol. The fraction of sp³-hybridized carbons (Fsp3) is 0.0241. The van der Waals surface area contributed by atoms with Crippen LogP contribution in [-0.4, -0.2) is 35.7 Å². The van der Waals surface area contributed by atoms with E-state index in [1.54, 1.807) is 0 Å². The molecular weight excluding hydrogens is 1110 g/mol. The van der Waals surface area contributed by atoms with Gasteiger partial charge in [-0.1, -0.05) is 322 Å². The lowest BCUT2D eigenvalue weighted by atomic mass is 9.60. The van der Waals surface area contributed by atoms with Crippen molar-refractivity contribution >= 4 is 79.7 Å². The van der Waals surface area contributed by atoms with E-state index in [1.165, 1.54) is 91.9 Å². The highest BCUT2D eigenvalue weighted by molar-refractivity contribution is 7.20. The molecule has 0 saturated heterocycles. The number of hydrogen-bond acceptors (Lipinski definition) is 3. The molecule has 18 rings (SSSR count). The van der Waals surface area contributed by atoms with Gasteiger partial charge in [0.1, 0.15) is 5.45 Å². The van der Waals surface area contributed by atoms with Gasteiger partial charge in [0.15, 0.2) is 13.9 Å². The van der Waals surface area contributed by atoms with Crippen molar-refractivity contribution in [2.45, 2.75) is 11.8 Å². The van der Waals surface area contributed by atoms with E-state index in [9.17, 15) is 0 Å². The molecule has 0 amide bonds. The Kier molecular flexibility index (Phi) is 12.7. The van der Waals surface area contributed by atoms with Crippen LogP contribution in [0, 0.1) is 0 Å². The average Bonchev–Trinajstić information content (AvgIpc) is 1.16. The third-order valence-corrected chi connectivity index (χ3v) is 28.4. The Balaban J connectivity index is 0.990. The van der Waals surface area contributed by atoms with Gasteiger partial charge in [-0.15, -0.1) is 0 Å². The second-order valence-electron chi connectivity index (χ2n) is 23.6. The van der Waals surface area contributed by atoms with E-state index in [4.69, 9.17) is 15.0 Å². The minimum absolute atomic E-state index is 0.0700. The van der Waals surface area contributed by atoms with E-state index >= 15 is 0 Å². The zero-order valence-electron chi connectivity index (χ0n) is 48.8. The van der Waals surface area contributed by atoms with E-state index in [1.807, 2.05) is 0 Å². The summed E-state index contributed by atoms with van der Waals surface area (Å²) in [7, 11) is -6.75. The van der Waals surface area contributed by atoms with Gasteiger partial charge in [0.05, 0.1) is 11.0 Å². The van der Waals surface area contributed by atoms with Crippen LogP contribution in [0.1, 0.15) is 45.2 Å². The van der Waals surface area contributed by atoms with Gasteiger partial charge in [0.25, 0.3) is 0 Å². The lowest BCUT2D eigenvalue weighted by Crippen LogP contribution is -2.76. The maximum atomic E-state index is 6.10. The van der Waals surface area contributed by atoms with E-state index < -0.39 is 16.1 Å². The Bertz CT molecular complexity index is 4890. The van der Waals surface area contributed by atoms with Crippen molar-refractivity contribution in [3.63, 3.8) is 0 Å². The van der Waals surface area contributed by atoms with Gasteiger partial charge < -0.3 is 0 Å². The zero-order chi connectivity index (χ0) is 58.9. The summed E-state index contributed by atoms with van der Waals surface area (Å²) in [6, 6.07) is 126. The molecule has 0 N–H and O–H groups in total. The summed E-state index contributed by atoms with van der Waals surface area (Å²) < 4.78 is 2.29. The quantitative estimate of drug-likeness (QED) is 0.0904. The lowest BCUT2D eigenvalue weighted by molar-refractivity contribution is 0.758. The largest absolute Gasteiger partial charge is 0.278 e. The molecule has 2 heterocycles. The maximum absolute atomic E-state index is 6.10. The average molecular weight is 1170 g/mol. The number of aromatic nitrogens is 4. The SMILES string of the molecule is c1ccc(-c2cc(-c3ccccc3)cc([Si](c3ccccc3)(c3ccccc3)c3cccc4c3C3c5ccccc5C4c4cccc(-c5nc(-n6c7ccccc7c7ccccc76)nc([Si](c6ccccc6)(c6ccccc6)c6ccccc6)n5)c43)c2)cc1. The highest BCUT2D eigenvalue weighted by Crippen LogP contribution is 2.57. The highest BCUT2D eigenvalue weighted by Gasteiger charge is 2.51. The predicted octanol–water partition coefficient (Wildman–Crippen LogP) is 13.7. The molecule has 0 saturated carbocycles. The van der Waals surface area contributed by atoms with Crippen LogP contribution in [0.15, 0.2) is 340 Å². The minimum atomic E-state index is -3.39. The summed E-state index contributed by atoms with van der Waals surface area (Å²) in [6.07, 6.45) is 0. The van der Waals surface area contributed by atoms with Crippen LogP contribution in [-0.2, 0) is 0 Å². The summed E-state index contributed by atoms with van der Waals surface area (Å²) in [6.45, 7) is 0. The van der Waals surface area contributed by atoms with Crippen LogP contribution in [0.3, 0.4) is 0 Å². The number of rotatable bonds is 12. The molecule has 4 nitrogen and oxygen atoms in total. The molecule has 0 radical (unpaired) electrons. The predicted molar refractivity (Wildman–Crippen MR) is 372 cm³/mol. The van der Waals surface area contributed by atoms with Gasteiger partial charge in [0.2, 0.25) is 14.0 Å². The fourth-order valence-electron chi connectivity index (χ4n) is 15.5. The summed E-state index contributed by atoms with van der Waals surface area (Å²) in [5.41, 5.74) is 16.6. The molecule has 3 aliphatic rings. The molecule has 3 aliphatic carbocycles. The van der Waals surface area contributed by atoms with Gasteiger partial charge in [0, 0.05) is 28.2 Å². The number of benzene rings is 13. The molecule has 418 valence electrons. The van der Waals surface area contributed by atoms with Crippen LogP contribution < -0.4 is 41.8 Å². The van der Waals surface area contributed by atoms with E-state index in [2.05, 4.69) is 344 Å². The maximum Gasteiger partial charge on any atom is 0.238 e. The van der Waals surface area contributed by atoms with Gasteiger partial charge in [-0.3, -0.25) is 4.57 Å². The first kappa shape index (κ1) is 52.4. The number of nitrogens with zero attached hydrogens (tertiary/aromatic N) is 4. The minimum Gasteiger partial charge on any atom is -0.278 e. The van der Waals surface area contributed by atoms with Gasteiger partial charge in [-0.2, -0.15) is 4.98 Å². The van der Waals surface area contributed by atoms with E-state index in [0.29, 0.717) is 11.8 Å². The third kappa shape index (κ3) is 8.21. The van der Waals surface area contributed by atoms with Crippen molar-refractivity contribution in [2.75, 3.05) is 0 Å². The Morgan fingerprint density at radius 3 is 1.16 bits per heavy atom. The summed E-state index contributed by atoms with van der Waals surface area (Å²) in [4.78, 5) is 18.0. The van der Waals surface area contributed by atoms with Crippen molar-refractivity contribution in [3.05, 3.63) is 373 Å². The molecule has 2 atom stereocenters. The normalized spacial score (nSPS) is 14.1. The first-order valence-corrected chi connectivity index (χ1v) is 34.8. The molecule has 2 unspecified atom stereocenters. The van der Waals surface area contributed by atoms with Crippen LogP contribution in [0.5, 0.6) is 0 Å². The second kappa shape index (κ2) is 21.5. The Hall–Kier alpha value is -10.9. The zero-order valence-corrected chi connectivity index (χ0v) is 50.8. The second-order valence-corrected chi connectivity index (χ2v) is 31.1. The molecule has 2 bridgehead atoms. The molecule has 6 heteroatoms. The van der Waals surface area contributed by atoms with Gasteiger partial charge in [-0.05, 0) is 110 Å². The van der Waals surface area contributed by atoms with E-state index in [0.717, 1.165) is 32.8 Å². The van der Waals surface area contributed by atoms with Crippen LogP contribution in [0.4, 0.5) is 0 Å². The lowest BCUT2D eigenvalue weighted by Gasteiger charge is -2.46. The van der Waals surface area contributed by atoms with E-state index in [-0.39, 0.29) is 11.8 Å². The molecule has 89 heavy (non-hydrogen) atoms. The highest BCUT2D eigenvalue weighted by atomic mass is 28.3. The van der Waals surface area contributed by atoms with Crippen molar-refractivity contribution in [1.29, 1.82) is 0 Å². The molecule has 13 aromatic carbocycles. The fourth-order valence-corrected chi connectivity index (χ4v) is 24.9. The number of fused-ring (bicyclic) bond motifs is 3. The Labute approximate surface area is 520 Å². The first-order valence-electron chi connectivity index (χ1n) is 30.8. The Morgan fingerprint density at radius 2 is 0.663 bits per heavy atom. The molecule has 2 aromatic heterocycles. The first-order chi connectivity index (χ1) is 44.2. The number of hydrogen-bond donors (Lipinski definition) is 0. The molecular formula is C83H58N4Si2. The van der Waals surface area contributed by atoms with Gasteiger partial charge in [-0.25, -0.2) is 9.97 Å². The third-order valence-electron chi connectivity index (χ3n) is 19.1. The standard InChI is InChI=1S/C83H58N4Si2/c1-8-30-57(31-9-1)59-54-60(58-32-10-2-11-33-58)56-66(55-59)88(61-34-12-3-13-35-61,62-36-14-4-15-37-62)76-53-29-49-72-77-69-46-22-23-47-70(69)80(79(72)76)78-71(77)48-28-50-73(78)81-84-82(87-74-51-26-24-44-67(74)68-45-25-27-52-75(68)87)86-83(85-81)89(63-38-16-5-17-39-63,64-40-18-6-19-41-64)65-42-20-7-21-43-65/h1-56,77,80H. The summed E-state index contributed by atoms with van der Waals surface area (Å²) >= 11 is 0. The summed E-state index contributed by atoms with van der Waals surface area (Å²) in [5.74, 6) is 0.980. The van der Waals surface area contributed by atoms with Crippen LogP contribution >= 0.6 is 0 Å². The van der Waals surface area contributed by atoms with Crippen molar-refractivity contribution in [3.8, 4) is 39.6 Å². The smallest absolute Gasteiger partial charge is 0.238 e. The van der Waals surface area contributed by atoms with Crippen molar-refractivity contribution < 1.29 is 0 Å². The number of para-hydroxylation sites is 2. The van der Waals surface area contributed by atoms with Crippen molar-refractivity contribution in [2.24, 2.45) is 0 Å². The van der Waals surface area contributed by atoms with Crippen LogP contribution in [0.2, 0.25) is 0 Å². The summed E-state index contributed by atoms with van der Waals surface area (Å²) in [5, 5.41) is 11.2. The van der Waals surface area contributed by atoms with Crippen molar-refractivity contribution in [1.82, 2.24) is 19.5 Å². The van der Waals surface area contributed by atoms with Gasteiger partial charge >= 0.3 is 0 Å².